The molecule has 1 aliphatic rings. The van der Waals surface area contributed by atoms with Crippen LogP contribution in [0.2, 0.25) is 0 Å². The zero-order valence-electron chi connectivity index (χ0n) is 11.0. The minimum absolute atomic E-state index is 0.916. The maximum atomic E-state index is 4.40. The first kappa shape index (κ1) is 12.6. The number of aryl methyl sites for hydroxylation is 1. The Morgan fingerprint density at radius 2 is 2.24 bits per heavy atom. The van der Waals surface area contributed by atoms with E-state index in [0.717, 1.165) is 25.6 Å². The molecule has 1 fully saturated rings. The van der Waals surface area contributed by atoms with Crippen molar-refractivity contribution in [3.63, 3.8) is 0 Å². The van der Waals surface area contributed by atoms with Gasteiger partial charge in [0.1, 0.15) is 5.82 Å². The third-order valence-corrected chi connectivity index (χ3v) is 3.75. The third-order valence-electron chi connectivity index (χ3n) is 3.75. The van der Waals surface area contributed by atoms with Crippen molar-refractivity contribution in [2.45, 2.75) is 58.5 Å². The average Bonchev–Trinajstić information content (AvgIpc) is 2.96. The van der Waals surface area contributed by atoms with Gasteiger partial charge in [0.15, 0.2) is 0 Å². The molecule has 0 radical (unpaired) electrons. The van der Waals surface area contributed by atoms with Crippen LogP contribution in [0.4, 0.5) is 0 Å². The summed E-state index contributed by atoms with van der Waals surface area (Å²) in [6, 6.07) is 0. The van der Waals surface area contributed by atoms with Crippen molar-refractivity contribution in [3.05, 3.63) is 18.2 Å². The maximum absolute atomic E-state index is 4.40. The van der Waals surface area contributed by atoms with Gasteiger partial charge in [-0.25, -0.2) is 4.98 Å². The quantitative estimate of drug-likeness (QED) is 0.736. The lowest BCUT2D eigenvalue weighted by molar-refractivity contribution is 0.470. The molecule has 0 unspecified atom stereocenters. The van der Waals surface area contributed by atoms with Crippen LogP contribution in [-0.2, 0) is 13.1 Å². The Morgan fingerprint density at radius 1 is 1.41 bits per heavy atom. The van der Waals surface area contributed by atoms with Crippen LogP contribution < -0.4 is 5.32 Å². The van der Waals surface area contributed by atoms with Crippen LogP contribution in [-0.4, -0.2) is 16.1 Å². The van der Waals surface area contributed by atoms with Crippen LogP contribution >= 0.6 is 0 Å². The summed E-state index contributed by atoms with van der Waals surface area (Å²) in [5.41, 5.74) is 0. The van der Waals surface area contributed by atoms with Gasteiger partial charge in [0, 0.05) is 18.9 Å². The summed E-state index contributed by atoms with van der Waals surface area (Å²) in [5.74, 6) is 2.16. The molecular formula is C14H25N3. The first-order chi connectivity index (χ1) is 8.40. The van der Waals surface area contributed by atoms with E-state index in [1.54, 1.807) is 0 Å². The van der Waals surface area contributed by atoms with Gasteiger partial charge in [0.2, 0.25) is 0 Å². The van der Waals surface area contributed by atoms with Crippen molar-refractivity contribution in [1.29, 1.82) is 0 Å². The van der Waals surface area contributed by atoms with E-state index in [1.807, 2.05) is 6.20 Å². The highest BCUT2D eigenvalue weighted by molar-refractivity contribution is 4.91. The molecule has 0 aliphatic heterocycles. The number of aromatic nitrogens is 2. The fourth-order valence-electron chi connectivity index (χ4n) is 2.76. The van der Waals surface area contributed by atoms with Crippen LogP contribution in [0.15, 0.2) is 12.4 Å². The van der Waals surface area contributed by atoms with Crippen molar-refractivity contribution < 1.29 is 0 Å². The van der Waals surface area contributed by atoms with E-state index in [-0.39, 0.29) is 0 Å². The van der Waals surface area contributed by atoms with Gasteiger partial charge in [-0.3, -0.25) is 0 Å². The Bertz CT molecular complexity index is 313. The molecule has 1 aromatic rings. The molecule has 2 rings (SSSR count). The molecular weight excluding hydrogens is 210 g/mol. The Morgan fingerprint density at radius 3 is 3.00 bits per heavy atom. The second kappa shape index (κ2) is 6.80. The van der Waals surface area contributed by atoms with Gasteiger partial charge in [0.25, 0.3) is 0 Å². The molecule has 0 saturated heterocycles. The smallest absolute Gasteiger partial charge is 0.122 e. The van der Waals surface area contributed by atoms with E-state index < -0.39 is 0 Å². The SMILES string of the molecule is CCCn1ccnc1CNCCC1CCCC1. The number of nitrogens with zero attached hydrogens (tertiary/aromatic N) is 2. The number of rotatable bonds is 7. The van der Waals surface area contributed by atoms with Crippen molar-refractivity contribution in [2.24, 2.45) is 5.92 Å². The number of hydrogen-bond donors (Lipinski definition) is 1. The van der Waals surface area contributed by atoms with Crippen molar-refractivity contribution in [1.82, 2.24) is 14.9 Å². The molecule has 0 atom stereocenters. The molecule has 1 aromatic heterocycles. The van der Waals surface area contributed by atoms with Gasteiger partial charge in [-0.05, 0) is 25.3 Å². The minimum Gasteiger partial charge on any atom is -0.334 e. The lowest BCUT2D eigenvalue weighted by atomic mass is 10.0. The van der Waals surface area contributed by atoms with Crippen LogP contribution in [0.5, 0.6) is 0 Å². The van der Waals surface area contributed by atoms with Crippen molar-refractivity contribution >= 4 is 0 Å². The van der Waals surface area contributed by atoms with Crippen LogP contribution in [0.1, 0.15) is 51.3 Å². The Balaban J connectivity index is 1.65. The summed E-state index contributed by atoms with van der Waals surface area (Å²) in [6.45, 7) is 5.35. The van der Waals surface area contributed by atoms with E-state index in [9.17, 15) is 0 Å². The van der Waals surface area contributed by atoms with Crippen LogP contribution in [0.25, 0.3) is 0 Å². The van der Waals surface area contributed by atoms with Crippen LogP contribution in [0, 0.1) is 5.92 Å². The highest BCUT2D eigenvalue weighted by Gasteiger charge is 2.13. The molecule has 1 saturated carbocycles. The predicted molar refractivity (Wildman–Crippen MR) is 70.8 cm³/mol. The molecule has 0 bridgehead atoms. The zero-order valence-corrected chi connectivity index (χ0v) is 11.0. The zero-order chi connectivity index (χ0) is 11.9. The first-order valence-corrected chi connectivity index (χ1v) is 7.11. The summed E-state index contributed by atoms with van der Waals surface area (Å²) in [4.78, 5) is 4.40. The molecule has 3 nitrogen and oxygen atoms in total. The summed E-state index contributed by atoms with van der Waals surface area (Å²) in [6.07, 6.45) is 12.3. The normalized spacial score (nSPS) is 16.8. The Labute approximate surface area is 105 Å². The predicted octanol–water partition coefficient (Wildman–Crippen LogP) is 2.96. The average molecular weight is 235 g/mol. The largest absolute Gasteiger partial charge is 0.334 e. The molecule has 17 heavy (non-hydrogen) atoms. The summed E-state index contributed by atoms with van der Waals surface area (Å²) < 4.78 is 2.25. The number of hydrogen-bond acceptors (Lipinski definition) is 2. The van der Waals surface area contributed by atoms with E-state index in [1.165, 1.54) is 44.3 Å². The van der Waals surface area contributed by atoms with E-state index in [0.29, 0.717) is 0 Å². The lowest BCUT2D eigenvalue weighted by Crippen LogP contribution is -2.19. The monoisotopic (exact) mass is 235 g/mol. The second-order valence-corrected chi connectivity index (χ2v) is 5.15. The second-order valence-electron chi connectivity index (χ2n) is 5.15. The van der Waals surface area contributed by atoms with Gasteiger partial charge >= 0.3 is 0 Å². The molecule has 1 aliphatic carbocycles. The van der Waals surface area contributed by atoms with Gasteiger partial charge in [-0.15, -0.1) is 0 Å². The van der Waals surface area contributed by atoms with Crippen molar-refractivity contribution in [3.8, 4) is 0 Å². The standard InChI is InChI=1S/C14H25N3/c1-2-10-17-11-9-16-14(17)12-15-8-7-13-5-3-4-6-13/h9,11,13,15H,2-8,10,12H2,1H3. The molecule has 1 N–H and O–H groups in total. The molecule has 3 heteroatoms. The van der Waals surface area contributed by atoms with E-state index in [2.05, 4.69) is 28.0 Å². The Kier molecular flexibility index (Phi) is 5.05. The Hall–Kier alpha value is -0.830. The fourth-order valence-corrected chi connectivity index (χ4v) is 2.76. The van der Waals surface area contributed by atoms with Gasteiger partial charge < -0.3 is 9.88 Å². The summed E-state index contributed by atoms with van der Waals surface area (Å²) in [5, 5.41) is 3.53. The fraction of sp³-hybridized carbons (Fsp3) is 0.786. The number of nitrogens with one attached hydrogen (secondary N) is 1. The number of imidazole rings is 1. The van der Waals surface area contributed by atoms with Gasteiger partial charge in [0.05, 0.1) is 6.54 Å². The molecule has 0 aromatic carbocycles. The molecule has 0 spiro atoms. The van der Waals surface area contributed by atoms with Gasteiger partial charge in [-0.1, -0.05) is 32.6 Å². The first-order valence-electron chi connectivity index (χ1n) is 7.11. The maximum Gasteiger partial charge on any atom is 0.122 e. The van der Waals surface area contributed by atoms with Crippen molar-refractivity contribution in [2.75, 3.05) is 6.54 Å². The van der Waals surface area contributed by atoms with E-state index >= 15 is 0 Å². The summed E-state index contributed by atoms with van der Waals surface area (Å²) >= 11 is 0. The summed E-state index contributed by atoms with van der Waals surface area (Å²) in [7, 11) is 0. The molecule has 1 heterocycles. The lowest BCUT2D eigenvalue weighted by Gasteiger charge is -2.10. The third kappa shape index (κ3) is 3.84. The highest BCUT2D eigenvalue weighted by Crippen LogP contribution is 2.26. The molecule has 96 valence electrons. The minimum atomic E-state index is 0.916. The highest BCUT2D eigenvalue weighted by atomic mass is 15.1. The topological polar surface area (TPSA) is 29.9 Å². The van der Waals surface area contributed by atoms with Crippen LogP contribution in [0.3, 0.4) is 0 Å². The van der Waals surface area contributed by atoms with E-state index in [4.69, 9.17) is 0 Å². The molecule has 0 amide bonds. The van der Waals surface area contributed by atoms with Gasteiger partial charge in [-0.2, -0.15) is 0 Å².